The minimum Gasteiger partial charge on any atom is -0.496 e. The predicted molar refractivity (Wildman–Crippen MR) is 141 cm³/mol. The first-order valence-electron chi connectivity index (χ1n) is 13.2. The number of esters is 2. The number of hydrogen-bond donors (Lipinski definition) is 0. The molecule has 9 nitrogen and oxygen atoms in total. The molecule has 39 heavy (non-hydrogen) atoms. The molecule has 0 bridgehead atoms. The van der Waals surface area contributed by atoms with Crippen LogP contribution in [0.4, 0.5) is 0 Å². The fourth-order valence-corrected chi connectivity index (χ4v) is 5.83. The van der Waals surface area contributed by atoms with Gasteiger partial charge in [-0.3, -0.25) is 9.59 Å². The lowest BCUT2D eigenvalue weighted by molar-refractivity contribution is -0.167. The fourth-order valence-electron chi connectivity index (χ4n) is 5.83. The normalized spacial score (nSPS) is 22.4. The molecule has 2 heterocycles. The van der Waals surface area contributed by atoms with Crippen molar-refractivity contribution in [3.8, 4) is 23.0 Å². The number of ether oxygens (including phenoxy) is 7. The van der Waals surface area contributed by atoms with E-state index >= 15 is 0 Å². The first-order valence-corrected chi connectivity index (χ1v) is 13.2. The first kappa shape index (κ1) is 26.7. The van der Waals surface area contributed by atoms with Gasteiger partial charge in [-0.15, -0.1) is 0 Å². The van der Waals surface area contributed by atoms with Crippen LogP contribution in [0.5, 0.6) is 23.0 Å². The summed E-state index contributed by atoms with van der Waals surface area (Å²) >= 11 is 0. The average molecular weight is 539 g/mol. The topological polar surface area (TPSA) is 98.8 Å². The summed E-state index contributed by atoms with van der Waals surface area (Å²) in [5, 5.41) is 1.22. The summed E-state index contributed by atoms with van der Waals surface area (Å²) in [6.45, 7) is 5.99. The molecule has 3 aliphatic rings. The van der Waals surface area contributed by atoms with Crippen LogP contribution in [0.15, 0.2) is 30.3 Å². The van der Waals surface area contributed by atoms with Gasteiger partial charge in [-0.2, -0.15) is 0 Å². The third-order valence-corrected chi connectivity index (χ3v) is 8.08. The highest BCUT2D eigenvalue weighted by atomic mass is 16.7. The molecule has 2 aliphatic heterocycles. The summed E-state index contributed by atoms with van der Waals surface area (Å²) in [5.74, 6) is 1.19. The Morgan fingerprint density at radius 3 is 2.23 bits per heavy atom. The molecule has 1 aliphatic carbocycles. The van der Waals surface area contributed by atoms with E-state index in [4.69, 9.17) is 33.2 Å². The summed E-state index contributed by atoms with van der Waals surface area (Å²) < 4.78 is 40.1. The van der Waals surface area contributed by atoms with Crippen LogP contribution < -0.4 is 29.4 Å². The van der Waals surface area contributed by atoms with Crippen LogP contribution in [0.25, 0.3) is 11.3 Å². The van der Waals surface area contributed by atoms with Gasteiger partial charge in [0, 0.05) is 10.4 Å². The van der Waals surface area contributed by atoms with Gasteiger partial charge in [0.15, 0.2) is 23.0 Å². The van der Waals surface area contributed by atoms with Gasteiger partial charge in [0.2, 0.25) is 13.6 Å². The highest BCUT2D eigenvalue weighted by molar-refractivity contribution is 6.05. The van der Waals surface area contributed by atoms with E-state index in [-0.39, 0.29) is 13.6 Å². The molecule has 5 rings (SSSR count). The average Bonchev–Trinajstić information content (AvgIpc) is 3.63. The molecule has 2 aromatic rings. The standard InChI is InChI=1S/C30H34O9/c1-6-7-8-9-14-35-26-19-11-13-21-25(39-17-37-21)23(19)24(18-10-12-20-22(15-18)38-16-36-20)29(2,27(31)33-4)30(26,3)28(32)34-5/h10-13,15H,6-9,14,16-17H2,1-5H3. The summed E-state index contributed by atoms with van der Waals surface area (Å²) in [6.07, 6.45) is 3.93. The molecule has 0 saturated heterocycles. The number of carbonyl (C=O) groups is 2. The molecule has 2 aromatic carbocycles. The summed E-state index contributed by atoms with van der Waals surface area (Å²) in [7, 11) is 2.61. The number of methoxy groups -OCH3 is 2. The molecule has 0 saturated carbocycles. The van der Waals surface area contributed by atoms with Crippen molar-refractivity contribution in [3.05, 3.63) is 46.3 Å². The number of carbonyl (C=O) groups excluding carboxylic acids is 2. The molecule has 0 radical (unpaired) electrons. The van der Waals surface area contributed by atoms with E-state index in [1.54, 1.807) is 32.0 Å². The molecule has 0 fully saturated rings. The summed E-state index contributed by atoms with van der Waals surface area (Å²) in [6, 6.07) is 9.04. The van der Waals surface area contributed by atoms with Crippen LogP contribution in [-0.2, 0) is 23.8 Å². The Balaban J connectivity index is 1.90. The molecular weight excluding hydrogens is 504 g/mol. The van der Waals surface area contributed by atoms with E-state index in [2.05, 4.69) is 6.92 Å². The number of unbranched alkanes of at least 4 members (excludes halogenated alkanes) is 3. The van der Waals surface area contributed by atoms with Crippen molar-refractivity contribution in [1.29, 1.82) is 0 Å². The molecule has 2 unspecified atom stereocenters. The van der Waals surface area contributed by atoms with E-state index in [0.29, 0.717) is 56.9 Å². The van der Waals surface area contributed by atoms with Crippen molar-refractivity contribution in [2.24, 2.45) is 10.8 Å². The Labute approximate surface area is 227 Å². The predicted octanol–water partition coefficient (Wildman–Crippen LogP) is 3.42. The highest BCUT2D eigenvalue weighted by Gasteiger charge is 2.64. The number of hydrogen-bond acceptors (Lipinski definition) is 9. The third-order valence-electron chi connectivity index (χ3n) is 8.08. The lowest BCUT2D eigenvalue weighted by Gasteiger charge is -2.46. The van der Waals surface area contributed by atoms with Crippen molar-refractivity contribution >= 4 is 23.3 Å². The van der Waals surface area contributed by atoms with Crippen LogP contribution in [0.1, 0.15) is 52.0 Å². The largest absolute Gasteiger partial charge is 0.496 e. The molecule has 208 valence electrons. The van der Waals surface area contributed by atoms with Gasteiger partial charge in [-0.05, 0) is 55.7 Å². The van der Waals surface area contributed by atoms with Gasteiger partial charge >= 0.3 is 11.9 Å². The molecule has 0 N–H and O–H groups in total. The molecular formula is C30H34O9. The van der Waals surface area contributed by atoms with Crippen molar-refractivity contribution in [1.82, 2.24) is 0 Å². The van der Waals surface area contributed by atoms with Gasteiger partial charge in [0.25, 0.3) is 0 Å². The lowest BCUT2D eigenvalue weighted by atomic mass is 9.56. The molecule has 9 heteroatoms. The van der Waals surface area contributed by atoms with E-state index in [1.807, 2.05) is 12.1 Å². The first-order chi connectivity index (χ1) is 18.8. The summed E-state index contributed by atoms with van der Waals surface area (Å²) in [4.78, 5) is 27.8. The van der Waals surface area contributed by atoms with Gasteiger partial charge < -0.3 is 33.2 Å². The van der Waals surface area contributed by atoms with Gasteiger partial charge in [-0.25, -0.2) is 0 Å². The molecule has 0 amide bonds. The Morgan fingerprint density at radius 2 is 1.49 bits per heavy atom. The Hall–Kier alpha value is -3.88. The van der Waals surface area contributed by atoms with Gasteiger partial charge in [-0.1, -0.05) is 32.3 Å². The zero-order chi connectivity index (χ0) is 27.8. The van der Waals surface area contributed by atoms with Crippen molar-refractivity contribution < 1.29 is 42.7 Å². The Bertz CT molecular complexity index is 1430. The lowest BCUT2D eigenvalue weighted by Crippen LogP contribution is -2.59. The number of rotatable bonds is 9. The SMILES string of the molecule is CCCCCCOC1=c2ccc3c(c2=C(c2ccc4c(c2)OCO4)C(C)(C(=O)OC)C1(C)C(=O)OC)OCO3. The van der Waals surface area contributed by atoms with Gasteiger partial charge in [0.05, 0.1) is 20.8 Å². The zero-order valence-electron chi connectivity index (χ0n) is 23.0. The van der Waals surface area contributed by atoms with Crippen LogP contribution in [0.2, 0.25) is 0 Å². The highest BCUT2D eigenvalue weighted by Crippen LogP contribution is 2.56. The van der Waals surface area contributed by atoms with Crippen molar-refractivity contribution in [2.75, 3.05) is 34.4 Å². The maximum absolute atomic E-state index is 14.0. The maximum Gasteiger partial charge on any atom is 0.320 e. The number of fused-ring (bicyclic) bond motifs is 4. The van der Waals surface area contributed by atoms with Crippen molar-refractivity contribution in [3.63, 3.8) is 0 Å². The zero-order valence-corrected chi connectivity index (χ0v) is 23.0. The second kappa shape index (κ2) is 10.4. The smallest absolute Gasteiger partial charge is 0.320 e. The monoisotopic (exact) mass is 538 g/mol. The quantitative estimate of drug-likeness (QED) is 0.351. The fraction of sp³-hybridized carbons (Fsp3) is 0.467. The third kappa shape index (κ3) is 3.97. The van der Waals surface area contributed by atoms with Crippen LogP contribution >= 0.6 is 0 Å². The molecule has 0 aromatic heterocycles. The molecule has 2 atom stereocenters. The number of benzene rings is 2. The molecule has 0 spiro atoms. The van der Waals surface area contributed by atoms with E-state index in [1.165, 1.54) is 14.2 Å². The second-order valence-electron chi connectivity index (χ2n) is 10.1. The van der Waals surface area contributed by atoms with Crippen LogP contribution in [-0.4, -0.2) is 46.4 Å². The van der Waals surface area contributed by atoms with E-state index in [9.17, 15) is 9.59 Å². The van der Waals surface area contributed by atoms with Gasteiger partial charge in [0.1, 0.15) is 16.6 Å². The van der Waals surface area contributed by atoms with Crippen molar-refractivity contribution in [2.45, 2.75) is 46.5 Å². The van der Waals surface area contributed by atoms with Crippen LogP contribution in [0.3, 0.4) is 0 Å². The Morgan fingerprint density at radius 1 is 0.821 bits per heavy atom. The Kier molecular flexibility index (Phi) is 7.09. The maximum atomic E-state index is 14.0. The van der Waals surface area contributed by atoms with E-state index < -0.39 is 22.8 Å². The minimum absolute atomic E-state index is 0.0244. The second-order valence-corrected chi connectivity index (χ2v) is 10.1. The van der Waals surface area contributed by atoms with Crippen LogP contribution in [0, 0.1) is 10.8 Å². The van der Waals surface area contributed by atoms with E-state index in [0.717, 1.165) is 25.7 Å². The summed E-state index contributed by atoms with van der Waals surface area (Å²) in [5.41, 5.74) is -2.05. The minimum atomic E-state index is -1.60.